The second-order valence-electron chi connectivity index (χ2n) is 7.03. The SMILES string of the molecule is COc1ccc(NC(=O)C[NH+](C)CC(=O)N2c3ccccc3C[C@@H]2C)cc1. The molecule has 0 fully saturated rings. The predicted molar refractivity (Wildman–Crippen MR) is 105 cm³/mol. The largest absolute Gasteiger partial charge is 0.497 e. The maximum absolute atomic E-state index is 12.8. The number of likely N-dealkylation sites (N-methyl/N-ethyl adjacent to an activating group) is 1. The van der Waals surface area contributed by atoms with E-state index >= 15 is 0 Å². The van der Waals surface area contributed by atoms with Crippen molar-refractivity contribution in [3.05, 3.63) is 54.1 Å². The molecule has 1 heterocycles. The molecule has 1 aliphatic rings. The Hall–Kier alpha value is -2.86. The van der Waals surface area contributed by atoms with Crippen LogP contribution < -0.4 is 19.9 Å². The van der Waals surface area contributed by atoms with Crippen molar-refractivity contribution < 1.29 is 19.2 Å². The molecule has 27 heavy (non-hydrogen) atoms. The Bertz CT molecular complexity index is 820. The fourth-order valence-corrected chi connectivity index (χ4v) is 3.51. The molecule has 0 aliphatic carbocycles. The van der Waals surface area contributed by atoms with Gasteiger partial charge in [0, 0.05) is 17.4 Å². The van der Waals surface area contributed by atoms with Gasteiger partial charge in [0.05, 0.1) is 14.2 Å². The third-order valence-corrected chi connectivity index (χ3v) is 4.77. The van der Waals surface area contributed by atoms with Gasteiger partial charge in [-0.2, -0.15) is 0 Å². The molecule has 0 saturated carbocycles. The van der Waals surface area contributed by atoms with Crippen LogP contribution in [-0.2, 0) is 16.0 Å². The lowest BCUT2D eigenvalue weighted by atomic mass is 10.1. The zero-order chi connectivity index (χ0) is 19.4. The molecule has 1 unspecified atom stereocenters. The summed E-state index contributed by atoms with van der Waals surface area (Å²) in [4.78, 5) is 27.8. The zero-order valence-corrected chi connectivity index (χ0v) is 16.0. The van der Waals surface area contributed by atoms with Gasteiger partial charge in [-0.25, -0.2) is 0 Å². The monoisotopic (exact) mass is 368 g/mol. The van der Waals surface area contributed by atoms with Crippen molar-refractivity contribution in [3.63, 3.8) is 0 Å². The highest BCUT2D eigenvalue weighted by molar-refractivity contribution is 5.97. The van der Waals surface area contributed by atoms with Crippen molar-refractivity contribution in [1.29, 1.82) is 0 Å². The number of benzene rings is 2. The summed E-state index contributed by atoms with van der Waals surface area (Å²) >= 11 is 0. The van der Waals surface area contributed by atoms with Crippen LogP contribution in [0.4, 0.5) is 11.4 Å². The lowest BCUT2D eigenvalue weighted by Gasteiger charge is -2.24. The molecule has 0 spiro atoms. The molecule has 1 aliphatic heterocycles. The molecule has 0 aromatic heterocycles. The number of hydrogen-bond donors (Lipinski definition) is 2. The Labute approximate surface area is 159 Å². The van der Waals surface area contributed by atoms with Crippen molar-refractivity contribution in [1.82, 2.24) is 0 Å². The molecule has 3 rings (SSSR count). The number of anilines is 2. The number of amides is 2. The standard InChI is InChI=1S/C21H25N3O3/c1-15-12-16-6-4-5-7-19(16)24(15)21(26)14-23(2)13-20(25)22-17-8-10-18(27-3)11-9-17/h4-11,15H,12-14H2,1-3H3,(H,22,25)/p+1/t15-/m0/s1. The summed E-state index contributed by atoms with van der Waals surface area (Å²) in [5.41, 5.74) is 2.90. The number of methoxy groups -OCH3 is 1. The maximum Gasteiger partial charge on any atom is 0.282 e. The number of quaternary nitrogens is 1. The van der Waals surface area contributed by atoms with Crippen LogP contribution in [0.5, 0.6) is 5.75 Å². The topological polar surface area (TPSA) is 63.1 Å². The van der Waals surface area contributed by atoms with E-state index in [0.29, 0.717) is 5.69 Å². The highest BCUT2D eigenvalue weighted by Gasteiger charge is 2.32. The Morgan fingerprint density at radius 3 is 2.56 bits per heavy atom. The summed E-state index contributed by atoms with van der Waals surface area (Å²) < 4.78 is 5.11. The van der Waals surface area contributed by atoms with Gasteiger partial charge in [0.15, 0.2) is 13.1 Å². The number of para-hydroxylation sites is 1. The van der Waals surface area contributed by atoms with Crippen molar-refractivity contribution in [2.75, 3.05) is 37.5 Å². The van der Waals surface area contributed by atoms with Gasteiger partial charge >= 0.3 is 0 Å². The molecular formula is C21H26N3O3+. The Morgan fingerprint density at radius 1 is 1.15 bits per heavy atom. The average molecular weight is 368 g/mol. The van der Waals surface area contributed by atoms with E-state index in [1.54, 1.807) is 31.4 Å². The Kier molecular flexibility index (Phi) is 5.76. The summed E-state index contributed by atoms with van der Waals surface area (Å²) in [7, 11) is 3.46. The third-order valence-electron chi connectivity index (χ3n) is 4.77. The van der Waals surface area contributed by atoms with Gasteiger partial charge in [-0.1, -0.05) is 18.2 Å². The quantitative estimate of drug-likeness (QED) is 0.803. The molecule has 0 bridgehead atoms. The van der Waals surface area contributed by atoms with Gasteiger partial charge in [-0.05, 0) is 49.2 Å². The van der Waals surface area contributed by atoms with Crippen LogP contribution in [0.1, 0.15) is 12.5 Å². The van der Waals surface area contributed by atoms with Gasteiger partial charge in [-0.15, -0.1) is 0 Å². The summed E-state index contributed by atoms with van der Waals surface area (Å²) in [5, 5.41) is 2.85. The predicted octanol–water partition coefficient (Wildman–Crippen LogP) is 1.13. The third kappa shape index (κ3) is 4.46. The van der Waals surface area contributed by atoms with E-state index in [9.17, 15) is 9.59 Å². The molecule has 0 radical (unpaired) electrons. The number of ether oxygens (including phenoxy) is 1. The van der Waals surface area contributed by atoms with Crippen LogP contribution in [0, 0.1) is 0 Å². The van der Waals surface area contributed by atoms with Crippen molar-refractivity contribution in [3.8, 4) is 5.75 Å². The first-order chi connectivity index (χ1) is 13.0. The number of hydrogen-bond acceptors (Lipinski definition) is 3. The summed E-state index contributed by atoms with van der Waals surface area (Å²) in [6.45, 7) is 2.56. The molecule has 2 atom stereocenters. The number of carbonyl (C=O) groups is 2. The summed E-state index contributed by atoms with van der Waals surface area (Å²) in [6, 6.07) is 15.3. The number of rotatable bonds is 6. The highest BCUT2D eigenvalue weighted by atomic mass is 16.5. The van der Waals surface area contributed by atoms with Crippen LogP contribution in [0.2, 0.25) is 0 Å². The molecule has 6 nitrogen and oxygen atoms in total. The second-order valence-corrected chi connectivity index (χ2v) is 7.03. The first-order valence-electron chi connectivity index (χ1n) is 9.13. The lowest BCUT2D eigenvalue weighted by molar-refractivity contribution is -0.862. The normalized spacial score (nSPS) is 16.6. The smallest absolute Gasteiger partial charge is 0.282 e. The number of nitrogens with zero attached hydrogens (tertiary/aromatic N) is 1. The molecule has 6 heteroatoms. The first-order valence-corrected chi connectivity index (χ1v) is 9.13. The Morgan fingerprint density at radius 2 is 1.85 bits per heavy atom. The number of nitrogens with one attached hydrogen (secondary N) is 2. The van der Waals surface area contributed by atoms with E-state index in [4.69, 9.17) is 4.74 Å². The molecule has 2 aromatic rings. The van der Waals surface area contributed by atoms with Crippen LogP contribution in [0.15, 0.2) is 48.5 Å². The molecular weight excluding hydrogens is 342 g/mol. The molecule has 2 N–H and O–H groups in total. The van der Waals surface area contributed by atoms with Gasteiger partial charge in [-0.3, -0.25) is 9.59 Å². The summed E-state index contributed by atoms with van der Waals surface area (Å²) in [5.74, 6) is 0.656. The van der Waals surface area contributed by atoms with E-state index in [1.807, 2.05) is 30.1 Å². The van der Waals surface area contributed by atoms with Crippen LogP contribution in [0.3, 0.4) is 0 Å². The maximum atomic E-state index is 12.8. The minimum absolute atomic E-state index is 0.0437. The zero-order valence-electron chi connectivity index (χ0n) is 16.0. The van der Waals surface area contributed by atoms with Crippen LogP contribution in [-0.4, -0.2) is 45.1 Å². The lowest BCUT2D eigenvalue weighted by Crippen LogP contribution is -3.11. The Balaban J connectivity index is 1.54. The molecule has 2 amide bonds. The number of carbonyl (C=O) groups excluding carboxylic acids is 2. The fourth-order valence-electron chi connectivity index (χ4n) is 3.51. The van der Waals surface area contributed by atoms with Gasteiger partial charge < -0.3 is 19.9 Å². The van der Waals surface area contributed by atoms with Gasteiger partial charge in [0.2, 0.25) is 0 Å². The molecule has 142 valence electrons. The van der Waals surface area contributed by atoms with E-state index in [-0.39, 0.29) is 30.9 Å². The summed E-state index contributed by atoms with van der Waals surface area (Å²) in [6.07, 6.45) is 0.874. The highest BCUT2D eigenvalue weighted by Crippen LogP contribution is 2.31. The van der Waals surface area contributed by atoms with E-state index < -0.39 is 0 Å². The van der Waals surface area contributed by atoms with Gasteiger partial charge in [0.25, 0.3) is 11.8 Å². The average Bonchev–Trinajstić information content (AvgIpc) is 2.97. The number of fused-ring (bicyclic) bond motifs is 1. The minimum atomic E-state index is -0.125. The van der Waals surface area contributed by atoms with Crippen molar-refractivity contribution in [2.45, 2.75) is 19.4 Å². The van der Waals surface area contributed by atoms with Gasteiger partial charge in [0.1, 0.15) is 5.75 Å². The molecule has 0 saturated heterocycles. The fraction of sp³-hybridized carbons (Fsp3) is 0.333. The van der Waals surface area contributed by atoms with Crippen LogP contribution >= 0.6 is 0 Å². The van der Waals surface area contributed by atoms with Crippen molar-refractivity contribution >= 4 is 23.2 Å². The van der Waals surface area contributed by atoms with Crippen LogP contribution in [0.25, 0.3) is 0 Å². The second kappa shape index (κ2) is 8.22. The van der Waals surface area contributed by atoms with Crippen molar-refractivity contribution in [2.24, 2.45) is 0 Å². The van der Waals surface area contributed by atoms with E-state index in [2.05, 4.69) is 18.3 Å². The molecule has 2 aromatic carbocycles. The van der Waals surface area contributed by atoms with E-state index in [1.165, 1.54) is 5.56 Å². The van der Waals surface area contributed by atoms with E-state index in [0.717, 1.165) is 22.8 Å². The minimum Gasteiger partial charge on any atom is -0.497 e. The first kappa shape index (κ1) is 18.9.